The van der Waals surface area contributed by atoms with Crippen LogP contribution in [0, 0.1) is 0 Å². The average Bonchev–Trinajstić information content (AvgIpc) is 2.89. The fraction of sp³-hybridized carbons (Fsp3) is 0.308. The minimum absolute atomic E-state index is 0.548. The van der Waals surface area contributed by atoms with Crippen molar-refractivity contribution in [1.82, 2.24) is 4.98 Å². The van der Waals surface area contributed by atoms with Gasteiger partial charge in [0.2, 0.25) is 0 Å². The number of nitrogens with zero attached hydrogens (tertiary/aromatic N) is 2. The van der Waals surface area contributed by atoms with E-state index >= 15 is 0 Å². The molecule has 17 heavy (non-hydrogen) atoms. The molecule has 0 aliphatic heterocycles. The molecule has 2 N–H and O–H groups in total. The van der Waals surface area contributed by atoms with E-state index in [0.29, 0.717) is 6.54 Å². The van der Waals surface area contributed by atoms with Gasteiger partial charge in [0.1, 0.15) is 5.82 Å². The Bertz CT molecular complexity index is 436. The van der Waals surface area contributed by atoms with Gasteiger partial charge in [-0.05, 0) is 29.5 Å². The van der Waals surface area contributed by atoms with Gasteiger partial charge in [-0.15, -0.1) is 11.3 Å². The van der Waals surface area contributed by atoms with Gasteiger partial charge in [-0.3, -0.25) is 0 Å². The van der Waals surface area contributed by atoms with E-state index in [1.165, 1.54) is 4.88 Å². The normalized spacial score (nSPS) is 10.5. The van der Waals surface area contributed by atoms with Gasteiger partial charge in [0.05, 0.1) is 0 Å². The first-order chi connectivity index (χ1) is 8.29. The summed E-state index contributed by atoms with van der Waals surface area (Å²) >= 11 is 1.80. The van der Waals surface area contributed by atoms with E-state index in [1.807, 2.05) is 18.3 Å². The molecule has 90 valence electrons. The third-order valence-electron chi connectivity index (χ3n) is 2.71. The summed E-state index contributed by atoms with van der Waals surface area (Å²) < 4.78 is 0. The summed E-state index contributed by atoms with van der Waals surface area (Å²) in [6, 6.07) is 8.32. The molecule has 0 spiro atoms. The molecular formula is C13H17N3S. The third kappa shape index (κ3) is 3.28. The molecule has 0 amide bonds. The molecule has 0 bridgehead atoms. The van der Waals surface area contributed by atoms with E-state index in [0.717, 1.165) is 24.3 Å². The Morgan fingerprint density at radius 3 is 2.82 bits per heavy atom. The lowest BCUT2D eigenvalue weighted by atomic mass is 10.2. The first-order valence-electron chi connectivity index (χ1n) is 5.68. The Labute approximate surface area is 106 Å². The topological polar surface area (TPSA) is 42.1 Å². The van der Waals surface area contributed by atoms with Crippen LogP contribution >= 0.6 is 11.3 Å². The molecule has 2 aromatic heterocycles. The quantitative estimate of drug-likeness (QED) is 0.881. The number of likely N-dealkylation sites (N-methyl/N-ethyl adjacent to an activating group) is 1. The smallest absolute Gasteiger partial charge is 0.128 e. The van der Waals surface area contributed by atoms with Crippen LogP contribution in [0.25, 0.3) is 0 Å². The van der Waals surface area contributed by atoms with E-state index in [1.54, 1.807) is 11.3 Å². The Balaban J connectivity index is 1.92. The van der Waals surface area contributed by atoms with Crippen LogP contribution in [0.15, 0.2) is 35.8 Å². The molecule has 0 atom stereocenters. The van der Waals surface area contributed by atoms with Crippen molar-refractivity contribution in [1.29, 1.82) is 0 Å². The van der Waals surface area contributed by atoms with Crippen LogP contribution < -0.4 is 10.6 Å². The molecule has 0 saturated carbocycles. The van der Waals surface area contributed by atoms with Gasteiger partial charge in [-0.1, -0.05) is 12.1 Å². The average molecular weight is 247 g/mol. The molecule has 0 radical (unpaired) electrons. The van der Waals surface area contributed by atoms with Gasteiger partial charge in [0.15, 0.2) is 0 Å². The fourth-order valence-electron chi connectivity index (χ4n) is 1.61. The number of aromatic nitrogens is 1. The maximum atomic E-state index is 5.55. The molecule has 0 saturated heterocycles. The molecule has 4 heteroatoms. The second kappa shape index (κ2) is 5.80. The second-order valence-corrected chi connectivity index (χ2v) is 5.01. The van der Waals surface area contributed by atoms with Crippen LogP contribution in [0.4, 0.5) is 5.82 Å². The molecule has 3 nitrogen and oxygen atoms in total. The van der Waals surface area contributed by atoms with Crippen molar-refractivity contribution in [3.63, 3.8) is 0 Å². The molecule has 0 fully saturated rings. The maximum Gasteiger partial charge on any atom is 0.128 e. The summed E-state index contributed by atoms with van der Waals surface area (Å²) in [4.78, 5) is 7.98. The minimum Gasteiger partial charge on any atom is -0.359 e. The highest BCUT2D eigenvalue weighted by atomic mass is 32.1. The van der Waals surface area contributed by atoms with Crippen LogP contribution in [0.3, 0.4) is 0 Å². The highest BCUT2D eigenvalue weighted by Gasteiger charge is 2.03. The van der Waals surface area contributed by atoms with Crippen molar-refractivity contribution in [2.24, 2.45) is 5.73 Å². The third-order valence-corrected chi connectivity index (χ3v) is 3.65. The number of anilines is 1. The predicted octanol–water partition coefficient (Wildman–Crippen LogP) is 2.28. The van der Waals surface area contributed by atoms with Crippen LogP contribution in [-0.2, 0) is 13.0 Å². The standard InChI is InChI=1S/C13H17N3S/c1-16(7-6-12-3-2-8-17-12)13-5-4-11(9-14)10-15-13/h2-5,8,10H,6-7,9,14H2,1H3. The van der Waals surface area contributed by atoms with Gasteiger partial charge < -0.3 is 10.6 Å². The lowest BCUT2D eigenvalue weighted by Crippen LogP contribution is -2.21. The van der Waals surface area contributed by atoms with Crippen LogP contribution in [0.2, 0.25) is 0 Å². The second-order valence-electron chi connectivity index (χ2n) is 3.98. The van der Waals surface area contributed by atoms with Crippen molar-refractivity contribution in [2.75, 3.05) is 18.5 Å². The number of rotatable bonds is 5. The van der Waals surface area contributed by atoms with Gasteiger partial charge in [-0.2, -0.15) is 0 Å². The Morgan fingerprint density at radius 2 is 2.24 bits per heavy atom. The minimum atomic E-state index is 0.548. The SMILES string of the molecule is CN(CCc1cccs1)c1ccc(CN)cn1. The van der Waals surface area contributed by atoms with Crippen LogP contribution in [0.5, 0.6) is 0 Å². The van der Waals surface area contributed by atoms with E-state index in [2.05, 4.69) is 34.4 Å². The zero-order valence-electron chi connectivity index (χ0n) is 9.97. The summed E-state index contributed by atoms with van der Waals surface area (Å²) in [6.07, 6.45) is 2.91. The van der Waals surface area contributed by atoms with Crippen LogP contribution in [-0.4, -0.2) is 18.6 Å². The number of pyridine rings is 1. The molecule has 0 unspecified atom stereocenters. The monoisotopic (exact) mass is 247 g/mol. The highest BCUT2D eigenvalue weighted by molar-refractivity contribution is 7.09. The molecule has 0 aromatic carbocycles. The molecule has 2 aromatic rings. The van der Waals surface area contributed by atoms with Crippen molar-refractivity contribution in [3.8, 4) is 0 Å². The summed E-state index contributed by atoms with van der Waals surface area (Å²) in [5, 5.41) is 2.11. The number of hydrogen-bond donors (Lipinski definition) is 1. The highest BCUT2D eigenvalue weighted by Crippen LogP contribution is 2.13. The summed E-state index contributed by atoms with van der Waals surface area (Å²) in [5.74, 6) is 0.999. The van der Waals surface area contributed by atoms with Gasteiger partial charge in [-0.25, -0.2) is 4.98 Å². The Kier molecular flexibility index (Phi) is 4.12. The van der Waals surface area contributed by atoms with E-state index in [-0.39, 0.29) is 0 Å². The Morgan fingerprint density at radius 1 is 1.35 bits per heavy atom. The predicted molar refractivity (Wildman–Crippen MR) is 73.4 cm³/mol. The summed E-state index contributed by atoms with van der Waals surface area (Å²) in [6.45, 7) is 1.53. The summed E-state index contributed by atoms with van der Waals surface area (Å²) in [7, 11) is 2.07. The first kappa shape index (κ1) is 12.1. The molecule has 2 rings (SSSR count). The van der Waals surface area contributed by atoms with Crippen molar-refractivity contribution >= 4 is 17.2 Å². The van der Waals surface area contributed by atoms with Crippen molar-refractivity contribution in [2.45, 2.75) is 13.0 Å². The Hall–Kier alpha value is -1.39. The van der Waals surface area contributed by atoms with Gasteiger partial charge in [0, 0.05) is 31.2 Å². The summed E-state index contributed by atoms with van der Waals surface area (Å²) in [5.41, 5.74) is 6.62. The van der Waals surface area contributed by atoms with Crippen LogP contribution in [0.1, 0.15) is 10.4 Å². The van der Waals surface area contributed by atoms with Crippen molar-refractivity contribution < 1.29 is 0 Å². The molecular weight excluding hydrogens is 230 g/mol. The molecule has 0 aliphatic carbocycles. The number of thiophene rings is 1. The fourth-order valence-corrected chi connectivity index (χ4v) is 2.31. The van der Waals surface area contributed by atoms with E-state index in [9.17, 15) is 0 Å². The number of hydrogen-bond acceptors (Lipinski definition) is 4. The lowest BCUT2D eigenvalue weighted by Gasteiger charge is -2.17. The van der Waals surface area contributed by atoms with Gasteiger partial charge >= 0.3 is 0 Å². The lowest BCUT2D eigenvalue weighted by molar-refractivity contribution is 0.866. The van der Waals surface area contributed by atoms with Crippen molar-refractivity contribution in [3.05, 3.63) is 46.3 Å². The largest absolute Gasteiger partial charge is 0.359 e. The zero-order valence-corrected chi connectivity index (χ0v) is 10.8. The molecule has 2 heterocycles. The maximum absolute atomic E-state index is 5.55. The van der Waals surface area contributed by atoms with E-state index in [4.69, 9.17) is 5.73 Å². The number of nitrogens with two attached hydrogens (primary N) is 1. The molecule has 0 aliphatic rings. The van der Waals surface area contributed by atoms with E-state index < -0.39 is 0 Å². The zero-order chi connectivity index (χ0) is 12.1. The first-order valence-corrected chi connectivity index (χ1v) is 6.56. The van der Waals surface area contributed by atoms with Gasteiger partial charge in [0.25, 0.3) is 0 Å².